The fourth-order valence-corrected chi connectivity index (χ4v) is 3.03. The second-order valence-electron chi connectivity index (χ2n) is 5.95. The number of anilines is 1. The Morgan fingerprint density at radius 3 is 2.59 bits per heavy atom. The molecular formula is C20H19ClN2O4. The van der Waals surface area contributed by atoms with Crippen LogP contribution >= 0.6 is 11.6 Å². The van der Waals surface area contributed by atoms with Crippen LogP contribution in [0.2, 0.25) is 5.02 Å². The number of aryl methyl sites for hydroxylation is 1. The molecule has 7 heteroatoms. The number of para-hydroxylation sites is 1. The van der Waals surface area contributed by atoms with Gasteiger partial charge in [0.25, 0.3) is 5.56 Å². The lowest BCUT2D eigenvalue weighted by Gasteiger charge is -2.13. The maximum absolute atomic E-state index is 12.4. The number of amides is 1. The maximum Gasteiger partial charge on any atom is 0.251 e. The highest BCUT2D eigenvalue weighted by atomic mass is 35.5. The summed E-state index contributed by atoms with van der Waals surface area (Å²) >= 11 is 6.07. The Morgan fingerprint density at radius 1 is 1.11 bits per heavy atom. The van der Waals surface area contributed by atoms with Gasteiger partial charge in [0, 0.05) is 29.6 Å². The minimum atomic E-state index is -0.245. The van der Waals surface area contributed by atoms with Gasteiger partial charge in [-0.25, -0.2) is 0 Å². The zero-order valence-corrected chi connectivity index (χ0v) is 15.7. The molecule has 0 aliphatic heterocycles. The SMILES string of the molecule is COc1cc(NC(=O)CCc2cc3ccccc3[nH]c2=O)c(OC)cc1Cl. The monoisotopic (exact) mass is 386 g/mol. The standard InChI is InChI=1S/C20H19ClN2O4/c1-26-17-11-16(18(27-2)10-14(17)21)22-19(24)8-7-13-9-12-5-3-4-6-15(12)23-20(13)25/h3-6,9-11H,7-8H2,1-2H3,(H,22,24)(H,23,25). The summed E-state index contributed by atoms with van der Waals surface area (Å²) in [4.78, 5) is 27.4. The first-order valence-corrected chi connectivity index (χ1v) is 8.72. The van der Waals surface area contributed by atoms with Gasteiger partial charge in [0.05, 0.1) is 24.9 Å². The van der Waals surface area contributed by atoms with Crippen LogP contribution in [0.3, 0.4) is 0 Å². The van der Waals surface area contributed by atoms with Crippen molar-refractivity contribution >= 4 is 34.1 Å². The number of fused-ring (bicyclic) bond motifs is 1. The minimum absolute atomic E-state index is 0.148. The van der Waals surface area contributed by atoms with Gasteiger partial charge in [0.1, 0.15) is 11.5 Å². The Balaban J connectivity index is 1.74. The quantitative estimate of drug-likeness (QED) is 0.675. The molecule has 0 radical (unpaired) electrons. The molecular weight excluding hydrogens is 368 g/mol. The van der Waals surface area contributed by atoms with Gasteiger partial charge in [-0.1, -0.05) is 29.8 Å². The second kappa shape index (κ2) is 8.14. The van der Waals surface area contributed by atoms with Gasteiger partial charge in [0.2, 0.25) is 5.91 Å². The average Bonchev–Trinajstić information content (AvgIpc) is 2.67. The van der Waals surface area contributed by atoms with Crippen LogP contribution in [0.25, 0.3) is 10.9 Å². The van der Waals surface area contributed by atoms with E-state index in [0.29, 0.717) is 34.2 Å². The lowest BCUT2D eigenvalue weighted by atomic mass is 10.1. The molecule has 1 aromatic heterocycles. The van der Waals surface area contributed by atoms with E-state index < -0.39 is 0 Å². The zero-order chi connectivity index (χ0) is 19.4. The van der Waals surface area contributed by atoms with Crippen LogP contribution in [0.1, 0.15) is 12.0 Å². The lowest BCUT2D eigenvalue weighted by molar-refractivity contribution is -0.116. The van der Waals surface area contributed by atoms with Gasteiger partial charge in [-0.05, 0) is 23.9 Å². The normalized spacial score (nSPS) is 10.6. The minimum Gasteiger partial charge on any atom is -0.495 e. The first kappa shape index (κ1) is 18.8. The number of H-pyrrole nitrogens is 1. The smallest absolute Gasteiger partial charge is 0.251 e. The van der Waals surface area contributed by atoms with Gasteiger partial charge in [-0.3, -0.25) is 9.59 Å². The van der Waals surface area contributed by atoms with Crippen molar-refractivity contribution in [2.75, 3.05) is 19.5 Å². The second-order valence-corrected chi connectivity index (χ2v) is 6.35. The summed E-state index contributed by atoms with van der Waals surface area (Å²) in [7, 11) is 2.98. The fraction of sp³-hybridized carbons (Fsp3) is 0.200. The van der Waals surface area contributed by atoms with Crippen molar-refractivity contribution in [2.45, 2.75) is 12.8 Å². The molecule has 27 heavy (non-hydrogen) atoms. The van der Waals surface area contributed by atoms with Crippen molar-refractivity contribution < 1.29 is 14.3 Å². The summed E-state index contributed by atoms with van der Waals surface area (Å²) < 4.78 is 10.4. The molecule has 0 saturated carbocycles. The summed E-state index contributed by atoms with van der Waals surface area (Å²) in [6.07, 6.45) is 0.467. The number of aromatic nitrogens is 1. The number of ether oxygens (including phenoxy) is 2. The summed E-state index contributed by atoms with van der Waals surface area (Å²) in [6.45, 7) is 0. The van der Waals surface area contributed by atoms with E-state index in [1.165, 1.54) is 14.2 Å². The van der Waals surface area contributed by atoms with Crippen molar-refractivity contribution in [2.24, 2.45) is 0 Å². The van der Waals surface area contributed by atoms with Crippen LogP contribution in [0.5, 0.6) is 11.5 Å². The van der Waals surface area contributed by atoms with E-state index in [0.717, 1.165) is 10.9 Å². The number of nitrogens with one attached hydrogen (secondary N) is 2. The Bertz CT molecular complexity index is 1050. The van der Waals surface area contributed by atoms with Crippen LogP contribution in [0, 0.1) is 0 Å². The Morgan fingerprint density at radius 2 is 1.85 bits per heavy atom. The average molecular weight is 387 g/mol. The van der Waals surface area contributed by atoms with Crippen molar-refractivity contribution in [1.29, 1.82) is 0 Å². The van der Waals surface area contributed by atoms with E-state index in [1.807, 2.05) is 30.3 Å². The highest BCUT2D eigenvalue weighted by Crippen LogP contribution is 2.35. The van der Waals surface area contributed by atoms with E-state index in [9.17, 15) is 9.59 Å². The molecule has 0 aliphatic carbocycles. The first-order valence-electron chi connectivity index (χ1n) is 8.34. The molecule has 140 valence electrons. The highest BCUT2D eigenvalue weighted by molar-refractivity contribution is 6.32. The number of benzene rings is 2. The first-order chi connectivity index (χ1) is 13.0. The Hall–Kier alpha value is -2.99. The van der Waals surface area contributed by atoms with E-state index in [4.69, 9.17) is 21.1 Å². The number of aromatic amines is 1. The molecule has 2 N–H and O–H groups in total. The number of pyridine rings is 1. The molecule has 6 nitrogen and oxygen atoms in total. The Labute approximate surface area is 161 Å². The van der Waals surface area contributed by atoms with Crippen LogP contribution in [0.15, 0.2) is 47.3 Å². The predicted octanol–water partition coefficient (Wildman–Crippen LogP) is 3.77. The van der Waals surface area contributed by atoms with E-state index in [2.05, 4.69) is 10.3 Å². The van der Waals surface area contributed by atoms with Crippen LogP contribution in [-0.2, 0) is 11.2 Å². The summed E-state index contributed by atoms with van der Waals surface area (Å²) in [5.41, 5.74) is 1.60. The number of hydrogen-bond acceptors (Lipinski definition) is 4. The molecule has 1 heterocycles. The Kier molecular flexibility index (Phi) is 5.66. The molecule has 0 fully saturated rings. The molecule has 2 aromatic carbocycles. The number of methoxy groups -OCH3 is 2. The molecule has 0 bridgehead atoms. The molecule has 0 unspecified atom stereocenters. The van der Waals surface area contributed by atoms with Crippen molar-refractivity contribution in [3.8, 4) is 11.5 Å². The zero-order valence-electron chi connectivity index (χ0n) is 15.0. The lowest BCUT2D eigenvalue weighted by Crippen LogP contribution is -2.17. The van der Waals surface area contributed by atoms with Gasteiger partial charge >= 0.3 is 0 Å². The van der Waals surface area contributed by atoms with Crippen LogP contribution in [-0.4, -0.2) is 25.1 Å². The van der Waals surface area contributed by atoms with Crippen molar-refractivity contribution in [3.05, 3.63) is 63.4 Å². The van der Waals surface area contributed by atoms with Crippen LogP contribution < -0.4 is 20.3 Å². The predicted molar refractivity (Wildman–Crippen MR) is 106 cm³/mol. The van der Waals surface area contributed by atoms with E-state index in [1.54, 1.807) is 12.1 Å². The van der Waals surface area contributed by atoms with Gasteiger partial charge < -0.3 is 19.8 Å². The van der Waals surface area contributed by atoms with E-state index in [-0.39, 0.29) is 17.9 Å². The van der Waals surface area contributed by atoms with Gasteiger partial charge in [-0.15, -0.1) is 0 Å². The molecule has 0 spiro atoms. The number of rotatable bonds is 6. The summed E-state index contributed by atoms with van der Waals surface area (Å²) in [5.74, 6) is 0.613. The fourth-order valence-electron chi connectivity index (χ4n) is 2.80. The largest absolute Gasteiger partial charge is 0.495 e. The molecule has 0 aliphatic rings. The number of halogens is 1. The van der Waals surface area contributed by atoms with Gasteiger partial charge in [-0.2, -0.15) is 0 Å². The molecule has 0 saturated heterocycles. The third kappa shape index (κ3) is 4.23. The maximum atomic E-state index is 12.4. The number of hydrogen-bond donors (Lipinski definition) is 2. The van der Waals surface area contributed by atoms with Crippen molar-refractivity contribution in [1.82, 2.24) is 4.98 Å². The topological polar surface area (TPSA) is 80.4 Å². The highest BCUT2D eigenvalue weighted by Gasteiger charge is 2.13. The summed E-state index contributed by atoms with van der Waals surface area (Å²) in [6, 6.07) is 12.5. The number of carbonyl (C=O) groups excluding carboxylic acids is 1. The number of carbonyl (C=O) groups is 1. The third-order valence-electron chi connectivity index (χ3n) is 4.20. The molecule has 3 aromatic rings. The van der Waals surface area contributed by atoms with Crippen LogP contribution in [0.4, 0.5) is 5.69 Å². The third-order valence-corrected chi connectivity index (χ3v) is 4.50. The molecule has 0 atom stereocenters. The van der Waals surface area contributed by atoms with Crippen molar-refractivity contribution in [3.63, 3.8) is 0 Å². The van der Waals surface area contributed by atoms with Gasteiger partial charge in [0.15, 0.2) is 0 Å². The van der Waals surface area contributed by atoms with E-state index >= 15 is 0 Å². The molecule has 3 rings (SSSR count). The summed E-state index contributed by atoms with van der Waals surface area (Å²) in [5, 5.41) is 4.09. The molecule has 1 amide bonds.